The van der Waals surface area contributed by atoms with E-state index in [-0.39, 0.29) is 19.6 Å². The average Bonchev–Trinajstić information content (AvgIpc) is 3.12. The lowest BCUT2D eigenvalue weighted by atomic mass is 9.92. The summed E-state index contributed by atoms with van der Waals surface area (Å²) >= 11 is 0. The molecule has 44 heavy (non-hydrogen) atoms. The van der Waals surface area contributed by atoms with E-state index in [1.54, 1.807) is 60.7 Å². The molecular weight excluding hydrogens is 616 g/mol. The summed E-state index contributed by atoms with van der Waals surface area (Å²) in [5.41, 5.74) is 1.35. The quantitative estimate of drug-likeness (QED) is 0.199. The number of hydrogen-bond acceptors (Lipinski definition) is 11. The van der Waals surface area contributed by atoms with E-state index in [0.717, 1.165) is 11.2 Å². The minimum atomic E-state index is -4.13. The highest BCUT2D eigenvalue weighted by Crippen LogP contribution is 2.49. The molecule has 2 amide bonds. The number of benzene rings is 2. The highest BCUT2D eigenvalue weighted by atomic mass is 32.2. The second kappa shape index (κ2) is 12.9. The fourth-order valence-electron chi connectivity index (χ4n) is 5.11. The van der Waals surface area contributed by atoms with Gasteiger partial charge >= 0.3 is 18.0 Å². The highest BCUT2D eigenvalue weighted by Gasteiger charge is 2.72. The van der Waals surface area contributed by atoms with E-state index < -0.39 is 84.1 Å². The van der Waals surface area contributed by atoms with Crippen LogP contribution in [0.2, 0.25) is 0 Å². The number of hydrogen-bond donors (Lipinski definition) is 1. The van der Waals surface area contributed by atoms with Crippen molar-refractivity contribution in [2.24, 2.45) is 5.92 Å². The maximum Gasteiger partial charge on any atom is 0.408 e. The van der Waals surface area contributed by atoms with Gasteiger partial charge in [-0.1, -0.05) is 60.7 Å². The molecule has 1 N–H and O–H groups in total. The third kappa shape index (κ3) is 7.04. The van der Waals surface area contributed by atoms with Gasteiger partial charge in [-0.25, -0.2) is 31.2 Å². The number of sulfone groups is 2. The van der Waals surface area contributed by atoms with Gasteiger partial charge in [-0.3, -0.25) is 4.79 Å². The number of nitrogens with zero attached hydrogens (tertiary/aromatic N) is 1. The second-order valence-electron chi connectivity index (χ2n) is 11.2. The Balaban J connectivity index is 1.41. The molecule has 13 nitrogen and oxygen atoms in total. The van der Waals surface area contributed by atoms with E-state index in [1.165, 1.54) is 13.8 Å². The zero-order valence-electron chi connectivity index (χ0n) is 24.4. The van der Waals surface area contributed by atoms with Crippen LogP contribution in [0, 0.1) is 5.92 Å². The summed E-state index contributed by atoms with van der Waals surface area (Å²) in [5, 5.41) is 0.841. The monoisotopic (exact) mass is 650 g/mol. The van der Waals surface area contributed by atoms with E-state index in [1.807, 2.05) is 0 Å². The van der Waals surface area contributed by atoms with Gasteiger partial charge in [0, 0.05) is 6.26 Å². The number of carbonyl (C=O) groups excluding carboxylic acids is 4. The molecule has 0 saturated carbocycles. The molecule has 0 bridgehead atoms. The third-order valence-corrected chi connectivity index (χ3v) is 11.5. The van der Waals surface area contributed by atoms with Crippen LogP contribution in [0.1, 0.15) is 31.4 Å². The summed E-state index contributed by atoms with van der Waals surface area (Å²) in [4.78, 5) is 52.5. The standard InChI is InChI=1S/C29H34N2O11S2/c1-29(2)23(27(34)40-16-19-10-6-4-7-11-19)31-24(32)21(25(31)44(29,38)39)18-41-26(33)22(14-15-43(3,36)37)30-28(35)42-17-20-12-8-5-9-13-20/h4-13,21-23,25H,14-18H2,1-3H3,(H,30,35)/t21-,22?,23+,25-/m1/s1. The predicted octanol–water partition coefficient (Wildman–Crippen LogP) is 1.36. The molecule has 2 fully saturated rings. The Morgan fingerprint density at radius 1 is 0.932 bits per heavy atom. The molecule has 2 aliphatic heterocycles. The summed E-state index contributed by atoms with van der Waals surface area (Å²) in [6, 6.07) is 14.6. The van der Waals surface area contributed by atoms with Gasteiger partial charge < -0.3 is 24.4 Å². The van der Waals surface area contributed by atoms with E-state index in [4.69, 9.17) is 14.2 Å². The normalized spacial score (nSPS) is 22.2. The van der Waals surface area contributed by atoms with Gasteiger partial charge in [0.15, 0.2) is 15.2 Å². The van der Waals surface area contributed by atoms with Crippen LogP contribution < -0.4 is 5.32 Å². The number of fused-ring (bicyclic) bond motifs is 1. The highest BCUT2D eigenvalue weighted by molar-refractivity contribution is 7.93. The fourth-order valence-corrected chi connectivity index (χ4v) is 8.07. The molecule has 1 unspecified atom stereocenters. The SMILES string of the molecule is CC1(C)[C@H](C(=O)OCc2ccccc2)N2C(=O)[C@@H](COC(=O)C(CCS(C)(=O)=O)NC(=O)OCc3ccccc3)[C@H]2S1(=O)=O. The van der Waals surface area contributed by atoms with Crippen molar-refractivity contribution >= 4 is 43.6 Å². The van der Waals surface area contributed by atoms with Crippen LogP contribution in [-0.4, -0.2) is 86.5 Å². The molecular formula is C29H34N2O11S2. The first-order valence-corrected chi connectivity index (χ1v) is 17.3. The molecule has 2 aliphatic rings. The summed E-state index contributed by atoms with van der Waals surface area (Å²) in [6.45, 7) is 1.76. The van der Waals surface area contributed by atoms with Gasteiger partial charge in [0.25, 0.3) is 0 Å². The van der Waals surface area contributed by atoms with Crippen molar-refractivity contribution in [3.05, 3.63) is 71.8 Å². The van der Waals surface area contributed by atoms with Crippen molar-refractivity contribution in [3.8, 4) is 0 Å². The van der Waals surface area contributed by atoms with Gasteiger partial charge in [0.1, 0.15) is 47.7 Å². The Morgan fingerprint density at radius 2 is 1.48 bits per heavy atom. The minimum Gasteiger partial charge on any atom is -0.463 e. The molecule has 0 spiro atoms. The molecule has 2 aromatic rings. The third-order valence-electron chi connectivity index (χ3n) is 7.60. The Morgan fingerprint density at radius 3 is 2.02 bits per heavy atom. The van der Waals surface area contributed by atoms with Crippen molar-refractivity contribution in [1.29, 1.82) is 0 Å². The van der Waals surface area contributed by atoms with Crippen molar-refractivity contribution in [2.75, 3.05) is 18.6 Å². The molecule has 2 saturated heterocycles. The lowest BCUT2D eigenvalue weighted by Gasteiger charge is -2.42. The molecule has 238 valence electrons. The first kappa shape index (κ1) is 32.9. The maximum absolute atomic E-state index is 13.5. The Kier molecular flexibility index (Phi) is 9.68. The van der Waals surface area contributed by atoms with Gasteiger partial charge in [0.2, 0.25) is 5.91 Å². The van der Waals surface area contributed by atoms with Gasteiger partial charge in [-0.15, -0.1) is 0 Å². The number of alkyl carbamates (subject to hydrolysis) is 1. The number of carbonyl (C=O) groups is 4. The van der Waals surface area contributed by atoms with Crippen molar-refractivity contribution in [1.82, 2.24) is 10.2 Å². The number of ether oxygens (including phenoxy) is 3. The first-order valence-electron chi connectivity index (χ1n) is 13.7. The topological polar surface area (TPSA) is 180 Å². The zero-order chi connectivity index (χ0) is 32.3. The lowest BCUT2D eigenvalue weighted by molar-refractivity contribution is -0.172. The largest absolute Gasteiger partial charge is 0.463 e. The number of esters is 2. The van der Waals surface area contributed by atoms with Crippen LogP contribution >= 0.6 is 0 Å². The van der Waals surface area contributed by atoms with Crippen molar-refractivity contribution < 1.29 is 50.2 Å². The van der Waals surface area contributed by atoms with Crippen LogP contribution in [0.4, 0.5) is 4.79 Å². The Bertz CT molecular complexity index is 1610. The Labute approximate surface area is 255 Å². The molecule has 2 aromatic carbocycles. The van der Waals surface area contributed by atoms with Crippen molar-refractivity contribution in [2.45, 2.75) is 55.7 Å². The minimum absolute atomic E-state index is 0.114. The number of amides is 2. The Hall–Kier alpha value is -3.98. The summed E-state index contributed by atoms with van der Waals surface area (Å²) < 4.78 is 64.4. The summed E-state index contributed by atoms with van der Waals surface area (Å²) in [5.74, 6) is -4.46. The molecule has 0 radical (unpaired) electrons. The lowest BCUT2D eigenvalue weighted by Crippen LogP contribution is -2.65. The molecule has 15 heteroatoms. The van der Waals surface area contributed by atoms with Crippen molar-refractivity contribution in [3.63, 3.8) is 0 Å². The molecule has 2 heterocycles. The van der Waals surface area contributed by atoms with Crippen LogP contribution in [0.5, 0.6) is 0 Å². The van der Waals surface area contributed by atoms with Gasteiger partial charge in [0.05, 0.1) is 10.5 Å². The maximum atomic E-state index is 13.5. The van der Waals surface area contributed by atoms with Crippen LogP contribution in [0.15, 0.2) is 60.7 Å². The smallest absolute Gasteiger partial charge is 0.408 e. The van der Waals surface area contributed by atoms with Crippen LogP contribution in [0.25, 0.3) is 0 Å². The number of β-lactam (4-membered cyclic amide) rings is 1. The number of nitrogens with one attached hydrogen (secondary N) is 1. The molecule has 4 atom stereocenters. The fraction of sp³-hybridized carbons (Fsp3) is 0.448. The van der Waals surface area contributed by atoms with E-state index in [9.17, 15) is 36.0 Å². The second-order valence-corrected chi connectivity index (χ2v) is 16.1. The van der Waals surface area contributed by atoms with Gasteiger partial charge in [-0.2, -0.15) is 0 Å². The van der Waals surface area contributed by atoms with E-state index in [0.29, 0.717) is 11.1 Å². The molecule has 0 aromatic heterocycles. The summed E-state index contributed by atoms with van der Waals surface area (Å²) in [6.07, 6.45) is -0.404. The zero-order valence-corrected chi connectivity index (χ0v) is 26.0. The first-order chi connectivity index (χ1) is 20.6. The van der Waals surface area contributed by atoms with E-state index in [2.05, 4.69) is 5.32 Å². The summed E-state index contributed by atoms with van der Waals surface area (Å²) in [7, 11) is -7.67. The van der Waals surface area contributed by atoms with Crippen LogP contribution in [-0.2, 0) is 61.5 Å². The number of rotatable bonds is 12. The molecule has 4 rings (SSSR count). The van der Waals surface area contributed by atoms with E-state index >= 15 is 0 Å². The van der Waals surface area contributed by atoms with Gasteiger partial charge in [-0.05, 0) is 31.4 Å². The molecule has 0 aliphatic carbocycles. The van der Waals surface area contributed by atoms with Crippen LogP contribution in [0.3, 0.4) is 0 Å². The average molecular weight is 651 g/mol. The predicted molar refractivity (Wildman–Crippen MR) is 156 cm³/mol.